The molecule has 0 bridgehead atoms. The summed E-state index contributed by atoms with van der Waals surface area (Å²) >= 11 is 1.39. The minimum absolute atomic E-state index is 0.362. The Hall–Kier alpha value is -1.01. The van der Waals surface area contributed by atoms with E-state index < -0.39 is 12.0 Å². The average molecular weight is 201 g/mol. The zero-order valence-electron chi connectivity index (χ0n) is 7.17. The highest BCUT2D eigenvalue weighted by atomic mass is 32.2. The van der Waals surface area contributed by atoms with E-state index in [4.69, 9.17) is 10.8 Å². The molecule has 0 fully saturated rings. The summed E-state index contributed by atoms with van der Waals surface area (Å²) in [6.45, 7) is 0. The molecule has 0 aliphatic rings. The van der Waals surface area contributed by atoms with Gasteiger partial charge in [-0.2, -0.15) is 5.10 Å². The van der Waals surface area contributed by atoms with E-state index in [2.05, 4.69) is 5.10 Å². The number of hydrogen-bond donors (Lipinski definition) is 2. The predicted octanol–water partition coefficient (Wildman–Crippen LogP) is -0.0759. The minimum atomic E-state index is -0.976. The third kappa shape index (κ3) is 3.08. The van der Waals surface area contributed by atoms with Gasteiger partial charge in [0.25, 0.3) is 0 Å². The summed E-state index contributed by atoms with van der Waals surface area (Å²) in [5, 5.41) is 12.5. The summed E-state index contributed by atoms with van der Waals surface area (Å²) in [5.41, 5.74) is 5.32. The number of hydrogen-bond acceptors (Lipinski definition) is 4. The fourth-order valence-electron chi connectivity index (χ4n) is 0.731. The van der Waals surface area contributed by atoms with Crippen molar-refractivity contribution in [1.82, 2.24) is 9.78 Å². The smallest absolute Gasteiger partial charge is 0.321 e. The topological polar surface area (TPSA) is 81.1 Å². The van der Waals surface area contributed by atoms with Gasteiger partial charge >= 0.3 is 5.97 Å². The summed E-state index contributed by atoms with van der Waals surface area (Å²) in [4.78, 5) is 11.3. The molecule has 0 saturated carbocycles. The molecule has 0 aliphatic carbocycles. The minimum Gasteiger partial charge on any atom is -0.480 e. The third-order valence-electron chi connectivity index (χ3n) is 1.43. The molecule has 1 atom stereocenters. The van der Waals surface area contributed by atoms with Gasteiger partial charge in [0.15, 0.2) is 0 Å². The van der Waals surface area contributed by atoms with Gasteiger partial charge in [-0.3, -0.25) is 9.48 Å². The first-order valence-corrected chi connectivity index (χ1v) is 4.68. The van der Waals surface area contributed by atoms with Crippen LogP contribution in [0.2, 0.25) is 0 Å². The van der Waals surface area contributed by atoms with Crippen molar-refractivity contribution in [2.24, 2.45) is 12.8 Å². The van der Waals surface area contributed by atoms with Crippen LogP contribution < -0.4 is 5.73 Å². The van der Waals surface area contributed by atoms with Crippen LogP contribution in [0, 0.1) is 0 Å². The Labute approximate surface area is 79.9 Å². The number of aromatic nitrogens is 2. The van der Waals surface area contributed by atoms with Crippen molar-refractivity contribution in [2.75, 3.05) is 5.75 Å². The Morgan fingerprint density at radius 1 is 1.92 bits per heavy atom. The molecule has 1 aromatic heterocycles. The number of nitrogens with two attached hydrogens (primary N) is 1. The van der Waals surface area contributed by atoms with Crippen molar-refractivity contribution in [2.45, 2.75) is 10.9 Å². The van der Waals surface area contributed by atoms with E-state index in [1.54, 1.807) is 17.9 Å². The molecule has 6 heteroatoms. The second kappa shape index (κ2) is 4.29. The zero-order chi connectivity index (χ0) is 9.84. The second-order valence-corrected chi connectivity index (χ2v) is 3.70. The summed E-state index contributed by atoms with van der Waals surface area (Å²) in [6.07, 6.45) is 3.50. The Morgan fingerprint density at radius 2 is 2.62 bits per heavy atom. The standard InChI is InChI=1S/C7H11N3O2S/c1-10-3-5(2-9-10)13-4-6(8)7(11)12/h2-3,6H,4,8H2,1H3,(H,11,12). The third-order valence-corrected chi connectivity index (χ3v) is 2.50. The van der Waals surface area contributed by atoms with Gasteiger partial charge in [-0.15, -0.1) is 11.8 Å². The number of rotatable bonds is 4. The molecule has 1 heterocycles. The van der Waals surface area contributed by atoms with Crippen molar-refractivity contribution in [3.05, 3.63) is 12.4 Å². The Balaban J connectivity index is 2.39. The van der Waals surface area contributed by atoms with E-state index >= 15 is 0 Å². The van der Waals surface area contributed by atoms with Gasteiger partial charge in [0, 0.05) is 23.9 Å². The first-order valence-electron chi connectivity index (χ1n) is 3.69. The molecule has 0 spiro atoms. The van der Waals surface area contributed by atoms with Crippen LogP contribution in [0.4, 0.5) is 0 Å². The van der Waals surface area contributed by atoms with Crippen LogP contribution >= 0.6 is 11.8 Å². The fraction of sp³-hybridized carbons (Fsp3) is 0.429. The number of carboxylic acids is 1. The molecule has 13 heavy (non-hydrogen) atoms. The molecule has 1 unspecified atom stereocenters. The van der Waals surface area contributed by atoms with E-state index in [1.165, 1.54) is 11.8 Å². The summed E-state index contributed by atoms with van der Waals surface area (Å²) < 4.78 is 1.66. The number of carboxylic acid groups (broad SMARTS) is 1. The second-order valence-electron chi connectivity index (χ2n) is 2.61. The lowest BCUT2D eigenvalue weighted by atomic mass is 10.4. The molecule has 72 valence electrons. The van der Waals surface area contributed by atoms with Crippen LogP contribution in [-0.2, 0) is 11.8 Å². The summed E-state index contributed by atoms with van der Waals surface area (Å²) in [5.74, 6) is -0.613. The maximum Gasteiger partial charge on any atom is 0.321 e. The quantitative estimate of drug-likeness (QED) is 0.666. The van der Waals surface area contributed by atoms with Crippen LogP contribution in [0.5, 0.6) is 0 Å². The van der Waals surface area contributed by atoms with Crippen molar-refractivity contribution < 1.29 is 9.90 Å². The monoisotopic (exact) mass is 201 g/mol. The number of aliphatic carboxylic acids is 1. The van der Waals surface area contributed by atoms with Crippen LogP contribution in [0.1, 0.15) is 0 Å². The average Bonchev–Trinajstić information content (AvgIpc) is 2.47. The van der Waals surface area contributed by atoms with E-state index in [9.17, 15) is 4.79 Å². The SMILES string of the molecule is Cn1cc(SCC(N)C(=O)O)cn1. The lowest BCUT2D eigenvalue weighted by Gasteiger charge is -2.03. The maximum absolute atomic E-state index is 10.4. The first-order chi connectivity index (χ1) is 6.09. The molecule has 1 aromatic rings. The van der Waals surface area contributed by atoms with Crippen LogP contribution in [0.3, 0.4) is 0 Å². The lowest BCUT2D eigenvalue weighted by molar-refractivity contribution is -0.137. The molecule has 0 aliphatic heterocycles. The Kier molecular flexibility index (Phi) is 3.32. The number of aryl methyl sites for hydroxylation is 1. The van der Waals surface area contributed by atoms with Crippen molar-refractivity contribution in [1.29, 1.82) is 0 Å². The van der Waals surface area contributed by atoms with Gasteiger partial charge in [0.05, 0.1) is 6.20 Å². The normalized spacial score (nSPS) is 12.8. The van der Waals surface area contributed by atoms with Gasteiger partial charge in [0.2, 0.25) is 0 Å². The highest BCUT2D eigenvalue weighted by Crippen LogP contribution is 2.16. The molecule has 0 saturated heterocycles. The van der Waals surface area contributed by atoms with Gasteiger partial charge in [-0.1, -0.05) is 0 Å². The van der Waals surface area contributed by atoms with Crippen LogP contribution in [0.15, 0.2) is 17.3 Å². The number of nitrogens with zero attached hydrogens (tertiary/aromatic N) is 2. The van der Waals surface area contributed by atoms with Gasteiger partial charge in [-0.05, 0) is 0 Å². The van der Waals surface area contributed by atoms with E-state index in [0.29, 0.717) is 5.75 Å². The van der Waals surface area contributed by atoms with Crippen molar-refractivity contribution in [3.8, 4) is 0 Å². The number of thioether (sulfide) groups is 1. The molecule has 5 nitrogen and oxygen atoms in total. The Bertz CT molecular complexity index is 300. The van der Waals surface area contributed by atoms with Crippen LogP contribution in [0.25, 0.3) is 0 Å². The van der Waals surface area contributed by atoms with Crippen LogP contribution in [-0.4, -0.2) is 32.7 Å². The predicted molar refractivity (Wildman–Crippen MR) is 49.5 cm³/mol. The van der Waals surface area contributed by atoms with E-state index in [-0.39, 0.29) is 0 Å². The number of carbonyl (C=O) groups is 1. The van der Waals surface area contributed by atoms with Gasteiger partial charge in [0.1, 0.15) is 6.04 Å². The van der Waals surface area contributed by atoms with E-state index in [0.717, 1.165) is 4.90 Å². The van der Waals surface area contributed by atoms with E-state index in [1.807, 2.05) is 6.20 Å². The zero-order valence-corrected chi connectivity index (χ0v) is 7.99. The summed E-state index contributed by atoms with van der Waals surface area (Å²) in [7, 11) is 1.81. The molecular weight excluding hydrogens is 190 g/mol. The molecule has 0 radical (unpaired) electrons. The maximum atomic E-state index is 10.4. The fourth-order valence-corrected chi connectivity index (χ4v) is 1.59. The molecule has 0 aromatic carbocycles. The summed E-state index contributed by atoms with van der Waals surface area (Å²) in [6, 6.07) is -0.815. The molecule has 1 rings (SSSR count). The molecular formula is C7H11N3O2S. The highest BCUT2D eigenvalue weighted by Gasteiger charge is 2.11. The highest BCUT2D eigenvalue weighted by molar-refractivity contribution is 7.99. The Morgan fingerprint density at radius 3 is 3.08 bits per heavy atom. The largest absolute Gasteiger partial charge is 0.480 e. The molecule has 3 N–H and O–H groups in total. The lowest BCUT2D eigenvalue weighted by Crippen LogP contribution is -2.32. The van der Waals surface area contributed by atoms with Crippen molar-refractivity contribution >= 4 is 17.7 Å². The first kappa shape index (κ1) is 10.1. The molecule has 0 amide bonds. The van der Waals surface area contributed by atoms with Gasteiger partial charge < -0.3 is 10.8 Å². The van der Waals surface area contributed by atoms with Gasteiger partial charge in [-0.25, -0.2) is 0 Å². The van der Waals surface area contributed by atoms with Crippen molar-refractivity contribution in [3.63, 3.8) is 0 Å².